The van der Waals surface area contributed by atoms with Gasteiger partial charge in [0.15, 0.2) is 0 Å². The summed E-state index contributed by atoms with van der Waals surface area (Å²) >= 11 is 6.13. The Labute approximate surface area is 167 Å². The Kier molecular flexibility index (Phi) is 5.47. The predicted octanol–water partition coefficient (Wildman–Crippen LogP) is 3.77. The van der Waals surface area contributed by atoms with E-state index in [1.807, 2.05) is 25.1 Å². The molecular weight excluding hydrogens is 407 g/mol. The number of allylic oxidation sites excluding steroid dienone is 1. The number of amides is 1. The molecule has 0 unspecified atom stereocenters. The molecule has 0 saturated carbocycles. The van der Waals surface area contributed by atoms with Crippen molar-refractivity contribution in [2.24, 2.45) is 0 Å². The van der Waals surface area contributed by atoms with Crippen molar-refractivity contribution in [3.05, 3.63) is 63.4 Å². The van der Waals surface area contributed by atoms with Crippen molar-refractivity contribution < 1.29 is 22.3 Å². The molecule has 0 fully saturated rings. The number of nitrogens with zero attached hydrogens (tertiary/aromatic N) is 1. The molecule has 2 aromatic rings. The van der Waals surface area contributed by atoms with Crippen LogP contribution in [0.5, 0.6) is 11.5 Å². The first kappa shape index (κ1) is 20.3. The largest absolute Gasteiger partial charge is 0.456 e. The molecular formula is C19H18ClFN2O4S. The summed E-state index contributed by atoms with van der Waals surface area (Å²) in [5.41, 5.74) is 2.93. The molecule has 0 aromatic heterocycles. The van der Waals surface area contributed by atoms with Crippen LogP contribution in [0.4, 0.5) is 4.39 Å². The first-order valence-electron chi connectivity index (χ1n) is 8.28. The molecule has 1 aliphatic carbocycles. The molecule has 0 atom stereocenters. The van der Waals surface area contributed by atoms with Crippen molar-refractivity contribution in [1.82, 2.24) is 9.03 Å². The highest BCUT2D eigenvalue weighted by molar-refractivity contribution is 7.87. The summed E-state index contributed by atoms with van der Waals surface area (Å²) in [6.45, 7) is 2.03. The molecule has 148 valence electrons. The SMILES string of the molecule is CC1=Cc2cc(Oc3cc(F)c(C(=O)NS(=O)(=O)N(C)C)cc3Cl)ccc2C1. The van der Waals surface area contributed by atoms with E-state index in [0.717, 1.165) is 28.4 Å². The fourth-order valence-corrected chi connectivity index (χ4v) is 3.45. The summed E-state index contributed by atoms with van der Waals surface area (Å²) in [6.07, 6.45) is 2.92. The maximum atomic E-state index is 14.4. The van der Waals surface area contributed by atoms with Gasteiger partial charge in [0, 0.05) is 20.2 Å². The van der Waals surface area contributed by atoms with E-state index in [9.17, 15) is 17.6 Å². The van der Waals surface area contributed by atoms with Crippen molar-refractivity contribution in [1.29, 1.82) is 0 Å². The van der Waals surface area contributed by atoms with Crippen LogP contribution in [0.25, 0.3) is 6.08 Å². The Morgan fingerprint density at radius 3 is 2.64 bits per heavy atom. The lowest BCUT2D eigenvalue weighted by Crippen LogP contribution is -2.39. The summed E-state index contributed by atoms with van der Waals surface area (Å²) in [5.74, 6) is -1.59. The molecule has 3 rings (SSSR count). The first-order chi connectivity index (χ1) is 13.1. The van der Waals surface area contributed by atoms with Gasteiger partial charge in [-0.1, -0.05) is 29.3 Å². The van der Waals surface area contributed by atoms with Crippen LogP contribution in [0.1, 0.15) is 28.4 Å². The maximum Gasteiger partial charge on any atom is 0.303 e. The Morgan fingerprint density at radius 1 is 1.25 bits per heavy atom. The molecule has 2 aromatic carbocycles. The fourth-order valence-electron chi connectivity index (χ4n) is 2.72. The minimum absolute atomic E-state index is 0.0184. The van der Waals surface area contributed by atoms with Crippen molar-refractivity contribution in [2.45, 2.75) is 13.3 Å². The Morgan fingerprint density at radius 2 is 1.96 bits per heavy atom. The monoisotopic (exact) mass is 424 g/mol. The highest BCUT2D eigenvalue weighted by Crippen LogP contribution is 2.34. The van der Waals surface area contributed by atoms with Crippen LogP contribution < -0.4 is 9.46 Å². The topological polar surface area (TPSA) is 75.7 Å². The van der Waals surface area contributed by atoms with Crippen molar-refractivity contribution in [2.75, 3.05) is 14.1 Å². The zero-order valence-corrected chi connectivity index (χ0v) is 17.0. The molecule has 28 heavy (non-hydrogen) atoms. The Hall–Kier alpha value is -2.42. The second-order valence-electron chi connectivity index (χ2n) is 6.61. The molecule has 0 saturated heterocycles. The first-order valence-corrected chi connectivity index (χ1v) is 10.1. The van der Waals surface area contributed by atoms with Crippen LogP contribution in [0.15, 0.2) is 35.9 Å². The van der Waals surface area contributed by atoms with E-state index in [4.69, 9.17) is 16.3 Å². The molecule has 0 spiro atoms. The van der Waals surface area contributed by atoms with E-state index < -0.39 is 27.5 Å². The molecule has 1 amide bonds. The van der Waals surface area contributed by atoms with Gasteiger partial charge in [0.1, 0.15) is 17.3 Å². The average molecular weight is 425 g/mol. The van der Waals surface area contributed by atoms with Gasteiger partial charge >= 0.3 is 10.2 Å². The summed E-state index contributed by atoms with van der Waals surface area (Å²) in [7, 11) is -1.58. The molecule has 0 heterocycles. The molecule has 6 nitrogen and oxygen atoms in total. The quantitative estimate of drug-likeness (QED) is 0.792. The molecule has 9 heteroatoms. The number of hydrogen-bond acceptors (Lipinski definition) is 4. The zero-order chi connectivity index (χ0) is 20.6. The van der Waals surface area contributed by atoms with Crippen LogP contribution in [-0.4, -0.2) is 32.7 Å². The number of ether oxygens (including phenoxy) is 1. The smallest absolute Gasteiger partial charge is 0.303 e. The number of halogens is 2. The summed E-state index contributed by atoms with van der Waals surface area (Å²) in [4.78, 5) is 12.1. The lowest BCUT2D eigenvalue weighted by molar-refractivity contribution is 0.0976. The van der Waals surface area contributed by atoms with E-state index in [2.05, 4.69) is 0 Å². The van der Waals surface area contributed by atoms with Crippen LogP contribution in [0.3, 0.4) is 0 Å². The van der Waals surface area contributed by atoms with Crippen molar-refractivity contribution in [3.8, 4) is 11.5 Å². The second-order valence-corrected chi connectivity index (χ2v) is 8.90. The van der Waals surface area contributed by atoms with Gasteiger partial charge in [0.2, 0.25) is 0 Å². The Balaban J connectivity index is 1.85. The lowest BCUT2D eigenvalue weighted by atomic mass is 10.1. The van der Waals surface area contributed by atoms with Crippen LogP contribution in [0, 0.1) is 5.82 Å². The number of hydrogen-bond donors (Lipinski definition) is 1. The summed E-state index contributed by atoms with van der Waals surface area (Å²) in [6, 6.07) is 7.49. The number of benzene rings is 2. The van der Waals surface area contributed by atoms with Gasteiger partial charge in [-0.3, -0.25) is 4.79 Å². The van der Waals surface area contributed by atoms with Gasteiger partial charge in [0.25, 0.3) is 5.91 Å². The molecule has 0 radical (unpaired) electrons. The average Bonchev–Trinajstić information content (AvgIpc) is 2.96. The van der Waals surface area contributed by atoms with Crippen molar-refractivity contribution >= 4 is 33.8 Å². The zero-order valence-electron chi connectivity index (χ0n) is 15.4. The molecule has 0 aliphatic heterocycles. The van der Waals surface area contributed by atoms with E-state index in [1.54, 1.807) is 10.8 Å². The fraction of sp³-hybridized carbons (Fsp3) is 0.211. The third-order valence-electron chi connectivity index (χ3n) is 4.18. The van der Waals surface area contributed by atoms with Crippen LogP contribution in [-0.2, 0) is 16.6 Å². The van der Waals surface area contributed by atoms with Gasteiger partial charge in [0.05, 0.1) is 10.6 Å². The predicted molar refractivity (Wildman–Crippen MR) is 105 cm³/mol. The third kappa shape index (κ3) is 4.19. The highest BCUT2D eigenvalue weighted by atomic mass is 35.5. The second kappa shape index (κ2) is 7.54. The van der Waals surface area contributed by atoms with Gasteiger partial charge in [-0.15, -0.1) is 0 Å². The minimum atomic E-state index is -4.06. The van der Waals surface area contributed by atoms with Gasteiger partial charge in [-0.25, -0.2) is 9.11 Å². The van der Waals surface area contributed by atoms with E-state index >= 15 is 0 Å². The standard InChI is InChI=1S/C19H18ClFN2O4S/c1-11-6-12-4-5-14(8-13(12)7-11)27-18-10-17(21)15(9-16(18)20)19(24)22-28(25,26)23(2)3/h4-5,7-10H,6H2,1-3H3,(H,22,24). The normalized spacial score (nSPS) is 13.3. The number of nitrogens with one attached hydrogen (secondary N) is 1. The summed E-state index contributed by atoms with van der Waals surface area (Å²) < 4.78 is 46.1. The van der Waals surface area contributed by atoms with E-state index in [0.29, 0.717) is 5.75 Å². The number of carbonyl (C=O) groups is 1. The van der Waals surface area contributed by atoms with Gasteiger partial charge < -0.3 is 4.74 Å². The van der Waals surface area contributed by atoms with E-state index in [1.165, 1.54) is 25.2 Å². The number of rotatable bonds is 5. The molecule has 1 aliphatic rings. The lowest BCUT2D eigenvalue weighted by Gasteiger charge is -2.14. The highest BCUT2D eigenvalue weighted by Gasteiger charge is 2.22. The number of fused-ring (bicyclic) bond motifs is 1. The van der Waals surface area contributed by atoms with Gasteiger partial charge in [-0.2, -0.15) is 12.7 Å². The summed E-state index contributed by atoms with van der Waals surface area (Å²) in [5, 5.41) is -0.0268. The van der Waals surface area contributed by atoms with Crippen LogP contribution >= 0.6 is 11.6 Å². The Bertz CT molecular complexity index is 1100. The van der Waals surface area contributed by atoms with E-state index in [-0.39, 0.29) is 10.8 Å². The van der Waals surface area contributed by atoms with Gasteiger partial charge in [-0.05, 0) is 42.7 Å². The van der Waals surface area contributed by atoms with Crippen LogP contribution in [0.2, 0.25) is 5.02 Å². The maximum absolute atomic E-state index is 14.4. The third-order valence-corrected chi connectivity index (χ3v) is 5.89. The molecule has 0 bridgehead atoms. The minimum Gasteiger partial charge on any atom is -0.456 e. The van der Waals surface area contributed by atoms with Crippen molar-refractivity contribution in [3.63, 3.8) is 0 Å². The number of carbonyl (C=O) groups excluding carboxylic acids is 1. The molecule has 1 N–H and O–H groups in total.